The van der Waals surface area contributed by atoms with Crippen LogP contribution >= 0.6 is 11.8 Å². The molecule has 0 aliphatic heterocycles. The summed E-state index contributed by atoms with van der Waals surface area (Å²) in [5, 5.41) is 11.6. The van der Waals surface area contributed by atoms with E-state index in [1.54, 1.807) is 11.8 Å². The monoisotopic (exact) mass is 241 g/mol. The predicted molar refractivity (Wildman–Crippen MR) is 61.6 cm³/mol. The fraction of sp³-hybridized carbons (Fsp3) is 1.00. The Bertz CT molecular complexity index is 217. The number of nitrogens with one attached hydrogen (secondary N) is 1. The van der Waals surface area contributed by atoms with Crippen LogP contribution in [0.4, 0.5) is 0 Å². The maximum absolute atomic E-state index is 10.7. The number of rotatable bonds is 9. The van der Waals surface area contributed by atoms with Gasteiger partial charge in [-0.15, -0.1) is 0 Å². The van der Waals surface area contributed by atoms with Gasteiger partial charge in [-0.1, -0.05) is 0 Å². The normalized spacial score (nSPS) is 11.9. The molecule has 0 aromatic rings. The molecule has 0 amide bonds. The minimum absolute atomic E-state index is 0.203. The maximum atomic E-state index is 10.7. The number of aliphatic hydroxyl groups is 1. The molecule has 0 atom stereocenters. The molecular formula is C8H19NO3S2. The molecule has 0 saturated heterocycles. The van der Waals surface area contributed by atoms with E-state index in [1.807, 2.05) is 0 Å². The van der Waals surface area contributed by atoms with Crippen LogP contribution in [0.25, 0.3) is 0 Å². The molecule has 2 N–H and O–H groups in total. The Labute approximate surface area is 90.4 Å². The van der Waals surface area contributed by atoms with Gasteiger partial charge in [0, 0.05) is 31.7 Å². The minimum Gasteiger partial charge on any atom is -0.396 e. The van der Waals surface area contributed by atoms with Crippen molar-refractivity contribution in [2.45, 2.75) is 6.42 Å². The Balaban J connectivity index is 3.07. The van der Waals surface area contributed by atoms with Gasteiger partial charge in [0.05, 0.1) is 5.75 Å². The molecule has 0 aromatic carbocycles. The summed E-state index contributed by atoms with van der Waals surface area (Å²) >= 11 is 1.76. The molecule has 6 heteroatoms. The van der Waals surface area contributed by atoms with Gasteiger partial charge >= 0.3 is 0 Å². The first kappa shape index (κ1) is 14.2. The number of thioether (sulfide) groups is 1. The lowest BCUT2D eigenvalue weighted by atomic mass is 10.5. The predicted octanol–water partition coefficient (Wildman–Crippen LogP) is -0.264. The zero-order chi connectivity index (χ0) is 10.9. The Morgan fingerprint density at radius 3 is 2.57 bits per heavy atom. The van der Waals surface area contributed by atoms with E-state index in [0.29, 0.717) is 6.54 Å². The minimum atomic E-state index is -2.83. The van der Waals surface area contributed by atoms with E-state index in [4.69, 9.17) is 5.11 Å². The molecule has 0 aliphatic carbocycles. The third-order valence-corrected chi connectivity index (χ3v) is 3.54. The molecule has 0 heterocycles. The molecule has 0 bridgehead atoms. The Kier molecular flexibility index (Phi) is 8.66. The van der Waals surface area contributed by atoms with Crippen molar-refractivity contribution in [2.75, 3.05) is 43.2 Å². The Morgan fingerprint density at radius 2 is 2.00 bits per heavy atom. The lowest BCUT2D eigenvalue weighted by Crippen LogP contribution is -2.24. The fourth-order valence-electron chi connectivity index (χ4n) is 0.796. The highest BCUT2D eigenvalue weighted by Crippen LogP contribution is 1.99. The van der Waals surface area contributed by atoms with E-state index >= 15 is 0 Å². The first-order chi connectivity index (χ1) is 6.56. The molecule has 0 radical (unpaired) electrons. The van der Waals surface area contributed by atoms with Crippen molar-refractivity contribution < 1.29 is 13.5 Å². The highest BCUT2D eigenvalue weighted by atomic mass is 32.2. The summed E-state index contributed by atoms with van der Waals surface area (Å²) in [6, 6.07) is 0. The number of sulfone groups is 1. The quantitative estimate of drug-likeness (QED) is 0.544. The largest absolute Gasteiger partial charge is 0.396 e. The highest BCUT2D eigenvalue weighted by molar-refractivity contribution is 7.99. The number of hydrogen-bond acceptors (Lipinski definition) is 5. The van der Waals surface area contributed by atoms with Crippen LogP contribution in [0, 0.1) is 0 Å². The van der Waals surface area contributed by atoms with Crippen molar-refractivity contribution in [2.24, 2.45) is 0 Å². The zero-order valence-corrected chi connectivity index (χ0v) is 10.2. The van der Waals surface area contributed by atoms with Gasteiger partial charge < -0.3 is 10.4 Å². The summed E-state index contributed by atoms with van der Waals surface area (Å²) in [5.74, 6) is 2.13. The first-order valence-corrected chi connectivity index (χ1v) is 7.85. The molecule has 0 rings (SSSR count). The molecule has 14 heavy (non-hydrogen) atoms. The molecule has 0 spiro atoms. The van der Waals surface area contributed by atoms with Crippen LogP contribution in [-0.2, 0) is 9.84 Å². The molecular weight excluding hydrogens is 222 g/mol. The smallest absolute Gasteiger partial charge is 0.148 e. The lowest BCUT2D eigenvalue weighted by molar-refractivity contribution is 0.296. The van der Waals surface area contributed by atoms with Crippen molar-refractivity contribution in [3.05, 3.63) is 0 Å². The molecule has 86 valence electrons. The van der Waals surface area contributed by atoms with Crippen LogP contribution in [0.1, 0.15) is 6.42 Å². The second-order valence-electron chi connectivity index (χ2n) is 3.07. The second-order valence-corrected chi connectivity index (χ2v) is 6.55. The number of aliphatic hydroxyl groups excluding tert-OH is 1. The Hall–Kier alpha value is 0.220. The van der Waals surface area contributed by atoms with E-state index < -0.39 is 9.84 Å². The zero-order valence-electron chi connectivity index (χ0n) is 8.53. The summed E-state index contributed by atoms with van der Waals surface area (Å²) in [6.07, 6.45) is 2.07. The van der Waals surface area contributed by atoms with Crippen LogP contribution in [0.2, 0.25) is 0 Å². The van der Waals surface area contributed by atoms with Crippen molar-refractivity contribution in [1.82, 2.24) is 5.32 Å². The molecule has 0 fully saturated rings. The van der Waals surface area contributed by atoms with Crippen molar-refractivity contribution in [1.29, 1.82) is 0 Å². The fourth-order valence-corrected chi connectivity index (χ4v) is 2.14. The summed E-state index contributed by atoms with van der Waals surface area (Å²) < 4.78 is 21.5. The van der Waals surface area contributed by atoms with E-state index in [-0.39, 0.29) is 12.4 Å². The van der Waals surface area contributed by atoms with Crippen LogP contribution in [0.3, 0.4) is 0 Å². The van der Waals surface area contributed by atoms with E-state index in [2.05, 4.69) is 5.32 Å². The van der Waals surface area contributed by atoms with Gasteiger partial charge in [0.25, 0.3) is 0 Å². The first-order valence-electron chi connectivity index (χ1n) is 4.63. The van der Waals surface area contributed by atoms with Gasteiger partial charge in [0.1, 0.15) is 9.84 Å². The van der Waals surface area contributed by atoms with Crippen molar-refractivity contribution >= 4 is 21.6 Å². The number of hydrogen-bond donors (Lipinski definition) is 2. The SMILES string of the molecule is CS(=O)(=O)CCNCCSCCCO. The van der Waals surface area contributed by atoms with Gasteiger partial charge in [-0.05, 0) is 12.2 Å². The summed E-state index contributed by atoms with van der Waals surface area (Å²) in [5.41, 5.74) is 0. The van der Waals surface area contributed by atoms with Crippen LogP contribution in [0.5, 0.6) is 0 Å². The van der Waals surface area contributed by atoms with E-state index in [9.17, 15) is 8.42 Å². The third-order valence-electron chi connectivity index (χ3n) is 1.52. The lowest BCUT2D eigenvalue weighted by Gasteiger charge is -2.03. The van der Waals surface area contributed by atoms with Gasteiger partial charge in [-0.2, -0.15) is 11.8 Å². The van der Waals surface area contributed by atoms with E-state index in [0.717, 1.165) is 24.5 Å². The van der Waals surface area contributed by atoms with Crippen molar-refractivity contribution in [3.63, 3.8) is 0 Å². The van der Waals surface area contributed by atoms with E-state index in [1.165, 1.54) is 6.26 Å². The molecule has 0 unspecified atom stereocenters. The summed E-state index contributed by atoms with van der Waals surface area (Å²) in [4.78, 5) is 0. The summed E-state index contributed by atoms with van der Waals surface area (Å²) in [6.45, 7) is 1.60. The highest BCUT2D eigenvalue weighted by Gasteiger charge is 1.99. The van der Waals surface area contributed by atoms with Gasteiger partial charge in [-0.25, -0.2) is 8.42 Å². The molecule has 0 aromatic heterocycles. The van der Waals surface area contributed by atoms with Gasteiger partial charge in [0.2, 0.25) is 0 Å². The van der Waals surface area contributed by atoms with Gasteiger partial charge in [-0.3, -0.25) is 0 Å². The van der Waals surface area contributed by atoms with Gasteiger partial charge in [0.15, 0.2) is 0 Å². The molecule has 0 saturated carbocycles. The average Bonchev–Trinajstić information content (AvgIpc) is 2.08. The third kappa shape index (κ3) is 12.2. The Morgan fingerprint density at radius 1 is 1.29 bits per heavy atom. The van der Waals surface area contributed by atoms with Crippen molar-refractivity contribution in [3.8, 4) is 0 Å². The van der Waals surface area contributed by atoms with Crippen LogP contribution in [-0.4, -0.2) is 56.7 Å². The van der Waals surface area contributed by atoms with Crippen LogP contribution in [0.15, 0.2) is 0 Å². The molecule has 0 aliphatic rings. The average molecular weight is 241 g/mol. The van der Waals surface area contributed by atoms with Crippen LogP contribution < -0.4 is 5.32 Å². The summed E-state index contributed by atoms with van der Waals surface area (Å²) in [7, 11) is -2.83. The second kappa shape index (κ2) is 8.52. The molecule has 4 nitrogen and oxygen atoms in total. The standard InChI is InChI=1S/C8H19NO3S2/c1-14(11,12)8-4-9-3-7-13-6-2-5-10/h9-10H,2-8H2,1H3. The maximum Gasteiger partial charge on any atom is 0.148 e. The topological polar surface area (TPSA) is 66.4 Å².